The van der Waals surface area contributed by atoms with Crippen molar-refractivity contribution < 1.29 is 9.18 Å². The Labute approximate surface area is 112 Å². The van der Waals surface area contributed by atoms with Crippen molar-refractivity contribution >= 4 is 12.0 Å². The van der Waals surface area contributed by atoms with Gasteiger partial charge in [-0.2, -0.15) is 0 Å². The molecule has 0 spiro atoms. The van der Waals surface area contributed by atoms with E-state index in [-0.39, 0.29) is 11.7 Å². The number of nitrogens with one attached hydrogen (secondary N) is 1. The van der Waals surface area contributed by atoms with Crippen molar-refractivity contribution in [2.24, 2.45) is 5.92 Å². The zero-order valence-corrected chi connectivity index (χ0v) is 10.7. The first kappa shape index (κ1) is 12.4. The third-order valence-corrected chi connectivity index (χ3v) is 4.02. The first-order valence-corrected chi connectivity index (χ1v) is 6.69. The molecule has 2 fully saturated rings. The lowest BCUT2D eigenvalue weighted by Gasteiger charge is -2.21. The first-order valence-electron chi connectivity index (χ1n) is 6.69. The van der Waals surface area contributed by atoms with Crippen LogP contribution in [-0.2, 0) is 4.79 Å². The quantitative estimate of drug-likeness (QED) is 0.820. The average molecular weight is 260 g/mol. The predicted octanol–water partition coefficient (Wildman–Crippen LogP) is 1.66. The minimum absolute atomic E-state index is 0.0560. The molecule has 100 valence electrons. The van der Waals surface area contributed by atoms with Gasteiger partial charge >= 0.3 is 0 Å². The highest BCUT2D eigenvalue weighted by Crippen LogP contribution is 2.27. The second-order valence-corrected chi connectivity index (χ2v) is 5.19. The molecule has 1 aromatic rings. The fourth-order valence-electron chi connectivity index (χ4n) is 2.96. The molecule has 3 rings (SSSR count). The monoisotopic (exact) mass is 260 g/mol. The smallest absolute Gasteiger partial charge is 0.246 e. The summed E-state index contributed by atoms with van der Waals surface area (Å²) >= 11 is 0. The van der Waals surface area contributed by atoms with Crippen LogP contribution in [0.5, 0.6) is 0 Å². The van der Waals surface area contributed by atoms with Crippen molar-refractivity contribution in [2.45, 2.75) is 12.5 Å². The lowest BCUT2D eigenvalue weighted by Crippen LogP contribution is -2.38. The Morgan fingerprint density at radius 1 is 1.32 bits per heavy atom. The fraction of sp³-hybridized carbons (Fsp3) is 0.400. The second kappa shape index (κ2) is 5.13. The highest BCUT2D eigenvalue weighted by Gasteiger charge is 2.38. The van der Waals surface area contributed by atoms with Gasteiger partial charge in [-0.1, -0.05) is 12.1 Å². The van der Waals surface area contributed by atoms with Crippen molar-refractivity contribution in [3.63, 3.8) is 0 Å². The highest BCUT2D eigenvalue weighted by molar-refractivity contribution is 5.92. The Balaban J connectivity index is 1.66. The predicted molar refractivity (Wildman–Crippen MR) is 71.9 cm³/mol. The van der Waals surface area contributed by atoms with E-state index in [0.717, 1.165) is 31.6 Å². The lowest BCUT2D eigenvalue weighted by atomic mass is 10.1. The number of benzene rings is 1. The number of amides is 1. The maximum Gasteiger partial charge on any atom is 0.246 e. The Hall–Kier alpha value is -1.68. The van der Waals surface area contributed by atoms with Crippen LogP contribution in [0.3, 0.4) is 0 Å². The number of hydrogen-bond donors (Lipinski definition) is 1. The summed E-state index contributed by atoms with van der Waals surface area (Å²) in [6, 6.07) is 6.49. The van der Waals surface area contributed by atoms with Crippen LogP contribution in [0.2, 0.25) is 0 Å². The van der Waals surface area contributed by atoms with Gasteiger partial charge in [-0.25, -0.2) is 4.39 Å². The first-order chi connectivity index (χ1) is 9.24. The fourth-order valence-corrected chi connectivity index (χ4v) is 2.96. The molecule has 19 heavy (non-hydrogen) atoms. The zero-order chi connectivity index (χ0) is 13.2. The molecule has 2 saturated heterocycles. The van der Waals surface area contributed by atoms with Gasteiger partial charge in [-0.05, 0) is 36.1 Å². The van der Waals surface area contributed by atoms with E-state index in [1.165, 1.54) is 12.1 Å². The number of halogens is 1. The van der Waals surface area contributed by atoms with Gasteiger partial charge < -0.3 is 10.2 Å². The van der Waals surface area contributed by atoms with E-state index in [0.29, 0.717) is 12.0 Å². The molecule has 2 aliphatic rings. The van der Waals surface area contributed by atoms with Gasteiger partial charge in [0, 0.05) is 31.8 Å². The van der Waals surface area contributed by atoms with Crippen LogP contribution in [-0.4, -0.2) is 36.5 Å². The molecular formula is C15H17FN2O. The number of likely N-dealkylation sites (tertiary alicyclic amines) is 1. The Morgan fingerprint density at radius 3 is 2.89 bits per heavy atom. The van der Waals surface area contributed by atoms with Gasteiger partial charge in [0.15, 0.2) is 0 Å². The van der Waals surface area contributed by atoms with Crippen LogP contribution in [0.1, 0.15) is 12.0 Å². The normalized spacial score (nSPS) is 26.1. The van der Waals surface area contributed by atoms with Crippen LogP contribution in [0, 0.1) is 11.7 Å². The summed E-state index contributed by atoms with van der Waals surface area (Å²) in [6.45, 7) is 2.78. The van der Waals surface area contributed by atoms with Crippen LogP contribution >= 0.6 is 0 Å². The Bertz CT molecular complexity index is 497. The van der Waals surface area contributed by atoms with Gasteiger partial charge in [0.25, 0.3) is 0 Å². The van der Waals surface area contributed by atoms with Crippen LogP contribution in [0.15, 0.2) is 30.3 Å². The lowest BCUT2D eigenvalue weighted by molar-refractivity contribution is -0.126. The molecule has 2 atom stereocenters. The highest BCUT2D eigenvalue weighted by atomic mass is 19.1. The number of carbonyl (C=O) groups excluding carboxylic acids is 1. The van der Waals surface area contributed by atoms with Gasteiger partial charge in [-0.15, -0.1) is 0 Å². The molecule has 0 unspecified atom stereocenters. The zero-order valence-electron chi connectivity index (χ0n) is 10.7. The second-order valence-electron chi connectivity index (χ2n) is 5.19. The largest absolute Gasteiger partial charge is 0.335 e. The molecule has 2 aliphatic heterocycles. The molecular weight excluding hydrogens is 243 g/mol. The summed E-state index contributed by atoms with van der Waals surface area (Å²) in [6.07, 6.45) is 4.43. The molecule has 1 aromatic carbocycles. The van der Waals surface area contributed by atoms with Crippen molar-refractivity contribution in [2.75, 3.05) is 19.6 Å². The van der Waals surface area contributed by atoms with E-state index in [1.54, 1.807) is 24.3 Å². The van der Waals surface area contributed by atoms with Gasteiger partial charge in [-0.3, -0.25) is 4.79 Å². The van der Waals surface area contributed by atoms with Gasteiger partial charge in [0.1, 0.15) is 5.82 Å². The van der Waals surface area contributed by atoms with E-state index in [2.05, 4.69) is 5.32 Å². The number of carbonyl (C=O) groups is 1. The molecule has 0 radical (unpaired) electrons. The van der Waals surface area contributed by atoms with Crippen LogP contribution in [0.25, 0.3) is 6.08 Å². The molecule has 0 saturated carbocycles. The minimum atomic E-state index is -0.261. The standard InChI is InChI=1S/C15H17FN2O/c16-13-4-1-11(2-5-13)3-6-15(19)18-8-7-12-9-17-10-14(12)18/h1-6,12,14,17H,7-10H2/b6-3+/t12-,14+/m0/s1. The summed E-state index contributed by atoms with van der Waals surface area (Å²) in [7, 11) is 0. The molecule has 1 N–H and O–H groups in total. The van der Waals surface area contributed by atoms with Crippen molar-refractivity contribution in [1.29, 1.82) is 0 Å². The third-order valence-electron chi connectivity index (χ3n) is 4.02. The summed E-state index contributed by atoms with van der Waals surface area (Å²) in [4.78, 5) is 14.1. The van der Waals surface area contributed by atoms with Crippen molar-refractivity contribution in [3.8, 4) is 0 Å². The average Bonchev–Trinajstić information content (AvgIpc) is 3.00. The molecule has 3 nitrogen and oxygen atoms in total. The van der Waals surface area contributed by atoms with Gasteiger partial charge in [0.2, 0.25) is 5.91 Å². The Morgan fingerprint density at radius 2 is 2.11 bits per heavy atom. The number of hydrogen-bond acceptors (Lipinski definition) is 2. The van der Waals surface area contributed by atoms with Crippen molar-refractivity contribution in [1.82, 2.24) is 10.2 Å². The van der Waals surface area contributed by atoms with Crippen LogP contribution < -0.4 is 5.32 Å². The van der Waals surface area contributed by atoms with Crippen molar-refractivity contribution in [3.05, 3.63) is 41.7 Å². The molecule has 0 aromatic heterocycles. The number of nitrogens with zero attached hydrogens (tertiary/aromatic N) is 1. The van der Waals surface area contributed by atoms with Crippen LogP contribution in [0.4, 0.5) is 4.39 Å². The molecule has 1 amide bonds. The summed E-state index contributed by atoms with van der Waals surface area (Å²) in [5.41, 5.74) is 0.843. The molecule has 2 heterocycles. The topological polar surface area (TPSA) is 32.3 Å². The SMILES string of the molecule is O=C(/C=C/c1ccc(F)cc1)N1CC[C@H]2CNC[C@H]21. The van der Waals surface area contributed by atoms with E-state index >= 15 is 0 Å². The number of fused-ring (bicyclic) bond motifs is 1. The third kappa shape index (κ3) is 2.54. The maximum atomic E-state index is 12.8. The van der Waals surface area contributed by atoms with E-state index < -0.39 is 0 Å². The summed E-state index contributed by atoms with van der Waals surface area (Å²) in [5.74, 6) is 0.409. The summed E-state index contributed by atoms with van der Waals surface area (Å²) < 4.78 is 12.8. The van der Waals surface area contributed by atoms with E-state index in [4.69, 9.17) is 0 Å². The summed E-state index contributed by atoms with van der Waals surface area (Å²) in [5, 5.41) is 3.33. The Kier molecular flexibility index (Phi) is 3.34. The molecule has 0 bridgehead atoms. The van der Waals surface area contributed by atoms with E-state index in [9.17, 15) is 9.18 Å². The van der Waals surface area contributed by atoms with E-state index in [1.807, 2.05) is 4.90 Å². The van der Waals surface area contributed by atoms with Gasteiger partial charge in [0.05, 0.1) is 0 Å². The molecule has 0 aliphatic carbocycles. The number of rotatable bonds is 2. The minimum Gasteiger partial charge on any atom is -0.335 e. The molecule has 4 heteroatoms. The maximum absolute atomic E-state index is 12.8.